The number of amides is 1. The van der Waals surface area contributed by atoms with Gasteiger partial charge in [0.1, 0.15) is 0 Å². The first-order chi connectivity index (χ1) is 18.2. The number of hydrogen-bond donors (Lipinski definition) is 1. The molecule has 0 unspecified atom stereocenters. The first-order valence-corrected chi connectivity index (χ1v) is 15.3. The van der Waals surface area contributed by atoms with Crippen molar-refractivity contribution in [3.05, 3.63) is 117 Å². The third kappa shape index (κ3) is 6.61. The smallest absolute Gasteiger partial charge is 0.264 e. The van der Waals surface area contributed by atoms with Crippen LogP contribution in [-0.4, -0.2) is 20.9 Å². The van der Waals surface area contributed by atoms with Crippen molar-refractivity contribution < 1.29 is 13.2 Å². The highest BCUT2D eigenvalue weighted by atomic mass is 79.9. The number of hydrogen-bond acceptors (Lipinski definition) is 4. The number of carbonyl (C=O) groups is 1. The van der Waals surface area contributed by atoms with E-state index >= 15 is 0 Å². The summed E-state index contributed by atoms with van der Waals surface area (Å²) < 4.78 is 29.8. The molecule has 4 rings (SSSR count). The Kier molecular flexibility index (Phi) is 9.20. The van der Waals surface area contributed by atoms with Gasteiger partial charge in [0.2, 0.25) is 0 Å². The highest BCUT2D eigenvalue weighted by Gasteiger charge is 2.26. The summed E-state index contributed by atoms with van der Waals surface area (Å²) in [6.45, 7) is 4.16. The van der Waals surface area contributed by atoms with Gasteiger partial charge in [0, 0.05) is 32.4 Å². The molecule has 0 aliphatic carbocycles. The van der Waals surface area contributed by atoms with Crippen LogP contribution in [0.4, 0.5) is 5.69 Å². The Morgan fingerprint density at radius 3 is 2.39 bits per heavy atom. The lowest BCUT2D eigenvalue weighted by atomic mass is 10.2. The number of nitrogens with one attached hydrogen (secondary N) is 1. The highest BCUT2D eigenvalue weighted by Crippen LogP contribution is 2.34. The van der Waals surface area contributed by atoms with E-state index in [0.29, 0.717) is 15.6 Å². The second kappa shape index (κ2) is 12.4. The molecule has 0 bridgehead atoms. The molecular formula is C29H26BrClN2O3S2. The summed E-state index contributed by atoms with van der Waals surface area (Å²) >= 11 is 11.1. The largest absolute Gasteiger partial charge is 0.348 e. The minimum Gasteiger partial charge on any atom is -0.348 e. The van der Waals surface area contributed by atoms with E-state index in [1.165, 1.54) is 22.1 Å². The molecule has 0 fully saturated rings. The van der Waals surface area contributed by atoms with Gasteiger partial charge in [0.05, 0.1) is 16.1 Å². The van der Waals surface area contributed by atoms with Gasteiger partial charge in [-0.05, 0) is 85.6 Å². The molecule has 1 amide bonds. The Morgan fingerprint density at radius 2 is 1.71 bits per heavy atom. The van der Waals surface area contributed by atoms with Crippen molar-refractivity contribution in [1.29, 1.82) is 0 Å². The lowest BCUT2D eigenvalue weighted by Gasteiger charge is -2.24. The number of sulfonamides is 1. The molecule has 0 saturated carbocycles. The average Bonchev–Trinajstić information content (AvgIpc) is 2.90. The summed E-state index contributed by atoms with van der Waals surface area (Å²) in [4.78, 5) is 15.0. The Bertz CT molecular complexity index is 1560. The zero-order valence-electron chi connectivity index (χ0n) is 20.8. The standard InChI is InChI=1S/C29H26BrClN2O3S2/c1-3-33(23-9-6-7-20(2)17-23)38(35,36)25-15-16-28(37-24-13-11-22(30)12-14-24)26(18-25)29(34)32-19-21-8-4-5-10-27(21)31/h4-18H,3,19H2,1-2H3,(H,32,34). The Morgan fingerprint density at radius 1 is 0.974 bits per heavy atom. The molecule has 0 atom stereocenters. The van der Waals surface area contributed by atoms with Crippen LogP contribution in [0.3, 0.4) is 0 Å². The molecule has 4 aromatic carbocycles. The maximum absolute atomic E-state index is 13.7. The molecule has 38 heavy (non-hydrogen) atoms. The fraction of sp³-hybridized carbons (Fsp3) is 0.138. The third-order valence-corrected chi connectivity index (χ3v) is 9.68. The molecule has 196 valence electrons. The van der Waals surface area contributed by atoms with Crippen LogP contribution < -0.4 is 9.62 Å². The van der Waals surface area contributed by atoms with E-state index in [9.17, 15) is 13.2 Å². The van der Waals surface area contributed by atoms with Crippen molar-refractivity contribution in [3.63, 3.8) is 0 Å². The molecule has 0 saturated heterocycles. The highest BCUT2D eigenvalue weighted by molar-refractivity contribution is 9.10. The van der Waals surface area contributed by atoms with Gasteiger partial charge in [-0.15, -0.1) is 0 Å². The van der Waals surface area contributed by atoms with E-state index in [1.54, 1.807) is 31.2 Å². The monoisotopic (exact) mass is 628 g/mol. The first kappa shape index (κ1) is 28.2. The van der Waals surface area contributed by atoms with Gasteiger partial charge in [-0.2, -0.15) is 0 Å². The van der Waals surface area contributed by atoms with Crippen LogP contribution in [0.2, 0.25) is 5.02 Å². The van der Waals surface area contributed by atoms with Crippen LogP contribution in [0.5, 0.6) is 0 Å². The Balaban J connectivity index is 1.72. The molecule has 0 heterocycles. The molecule has 0 radical (unpaired) electrons. The van der Waals surface area contributed by atoms with E-state index < -0.39 is 10.0 Å². The molecule has 5 nitrogen and oxygen atoms in total. The summed E-state index contributed by atoms with van der Waals surface area (Å²) in [5.74, 6) is -0.389. The fourth-order valence-electron chi connectivity index (χ4n) is 3.88. The summed E-state index contributed by atoms with van der Waals surface area (Å²) in [7, 11) is -3.93. The maximum atomic E-state index is 13.7. The number of nitrogens with zero attached hydrogens (tertiary/aromatic N) is 1. The van der Waals surface area contributed by atoms with Gasteiger partial charge in [-0.25, -0.2) is 8.42 Å². The second-order valence-electron chi connectivity index (χ2n) is 8.50. The van der Waals surface area contributed by atoms with E-state index in [0.717, 1.165) is 20.5 Å². The molecular weight excluding hydrogens is 604 g/mol. The molecule has 1 N–H and O–H groups in total. The summed E-state index contributed by atoms with van der Waals surface area (Å²) in [6, 6.07) is 27.0. The van der Waals surface area contributed by atoms with E-state index in [2.05, 4.69) is 21.2 Å². The van der Waals surface area contributed by atoms with Crippen molar-refractivity contribution in [2.75, 3.05) is 10.8 Å². The van der Waals surface area contributed by atoms with E-state index in [-0.39, 0.29) is 29.5 Å². The van der Waals surface area contributed by atoms with Crippen molar-refractivity contribution in [1.82, 2.24) is 5.32 Å². The van der Waals surface area contributed by atoms with E-state index in [4.69, 9.17) is 11.6 Å². The van der Waals surface area contributed by atoms with Crippen molar-refractivity contribution in [2.45, 2.75) is 35.1 Å². The van der Waals surface area contributed by atoms with Crippen LogP contribution in [0.1, 0.15) is 28.4 Å². The predicted molar refractivity (Wildman–Crippen MR) is 159 cm³/mol. The quantitative estimate of drug-likeness (QED) is 0.206. The summed E-state index contributed by atoms with van der Waals surface area (Å²) in [6.07, 6.45) is 0. The lowest BCUT2D eigenvalue weighted by Crippen LogP contribution is -2.31. The van der Waals surface area contributed by atoms with Crippen LogP contribution in [0, 0.1) is 6.92 Å². The van der Waals surface area contributed by atoms with Gasteiger partial charge in [0.25, 0.3) is 15.9 Å². The SMILES string of the molecule is CCN(c1cccc(C)c1)S(=O)(=O)c1ccc(Sc2ccc(Br)cc2)c(C(=O)NCc2ccccc2Cl)c1. The minimum atomic E-state index is -3.93. The zero-order valence-corrected chi connectivity index (χ0v) is 24.8. The second-order valence-corrected chi connectivity index (χ2v) is 12.8. The zero-order chi connectivity index (χ0) is 27.3. The number of rotatable bonds is 9. The summed E-state index contributed by atoms with van der Waals surface area (Å²) in [5.41, 5.74) is 2.57. The van der Waals surface area contributed by atoms with Crippen LogP contribution in [0.25, 0.3) is 0 Å². The topological polar surface area (TPSA) is 66.5 Å². The predicted octanol–water partition coefficient (Wildman–Crippen LogP) is 7.71. The van der Waals surface area contributed by atoms with Crippen LogP contribution >= 0.6 is 39.3 Å². The Hall–Kier alpha value is -2.78. The van der Waals surface area contributed by atoms with Gasteiger partial charge >= 0.3 is 0 Å². The van der Waals surface area contributed by atoms with Gasteiger partial charge in [-0.3, -0.25) is 9.10 Å². The number of halogens is 2. The summed E-state index contributed by atoms with van der Waals surface area (Å²) in [5, 5.41) is 3.45. The normalized spacial score (nSPS) is 11.3. The average molecular weight is 630 g/mol. The van der Waals surface area contributed by atoms with Crippen molar-refractivity contribution in [2.24, 2.45) is 0 Å². The fourth-order valence-corrected chi connectivity index (χ4v) is 6.76. The minimum absolute atomic E-state index is 0.0453. The van der Waals surface area contributed by atoms with Gasteiger partial charge in [0.15, 0.2) is 0 Å². The first-order valence-electron chi connectivity index (χ1n) is 11.9. The molecule has 4 aromatic rings. The Labute approximate surface area is 241 Å². The third-order valence-electron chi connectivity index (χ3n) is 5.80. The maximum Gasteiger partial charge on any atom is 0.264 e. The van der Waals surface area contributed by atoms with Crippen LogP contribution in [0.15, 0.2) is 110 Å². The molecule has 0 aromatic heterocycles. The lowest BCUT2D eigenvalue weighted by molar-refractivity contribution is 0.0947. The van der Waals surface area contributed by atoms with Gasteiger partial charge < -0.3 is 5.32 Å². The van der Waals surface area contributed by atoms with Crippen molar-refractivity contribution in [3.8, 4) is 0 Å². The number of aryl methyl sites for hydroxylation is 1. The van der Waals surface area contributed by atoms with Gasteiger partial charge in [-0.1, -0.05) is 69.6 Å². The molecule has 0 aliphatic heterocycles. The van der Waals surface area contributed by atoms with E-state index in [1.807, 2.05) is 67.6 Å². The van der Waals surface area contributed by atoms with Crippen LogP contribution in [-0.2, 0) is 16.6 Å². The number of benzene rings is 4. The molecule has 0 aliphatic rings. The number of carbonyl (C=O) groups excluding carboxylic acids is 1. The number of anilines is 1. The van der Waals surface area contributed by atoms with Crippen molar-refractivity contribution >= 4 is 60.9 Å². The molecule has 0 spiro atoms. The molecule has 9 heteroatoms.